The van der Waals surface area contributed by atoms with Gasteiger partial charge < -0.3 is 15.5 Å². The highest BCUT2D eigenvalue weighted by atomic mass is 16.3. The highest BCUT2D eigenvalue weighted by molar-refractivity contribution is 5.45. The van der Waals surface area contributed by atoms with E-state index in [9.17, 15) is 10.2 Å². The molecular weight excluding hydrogens is 204 g/mol. The van der Waals surface area contributed by atoms with Gasteiger partial charge in [-0.3, -0.25) is 4.90 Å². The summed E-state index contributed by atoms with van der Waals surface area (Å²) in [4.78, 5) is 2.30. The first-order valence-corrected chi connectivity index (χ1v) is 5.66. The molecule has 1 fully saturated rings. The molecule has 16 heavy (non-hydrogen) atoms. The topological polar surface area (TPSA) is 55.7 Å². The molecule has 0 unspecified atom stereocenters. The summed E-state index contributed by atoms with van der Waals surface area (Å²) in [6, 6.07) is 5.27. The van der Waals surface area contributed by atoms with E-state index in [1.165, 1.54) is 6.07 Å². The van der Waals surface area contributed by atoms with E-state index in [-0.39, 0.29) is 17.5 Å². The van der Waals surface area contributed by atoms with E-state index in [0.717, 1.165) is 31.7 Å². The number of nitrogens with one attached hydrogen (secondary N) is 1. The van der Waals surface area contributed by atoms with Crippen molar-refractivity contribution in [2.45, 2.75) is 13.0 Å². The average Bonchev–Trinajstić information content (AvgIpc) is 2.33. The monoisotopic (exact) mass is 222 g/mol. The summed E-state index contributed by atoms with van der Waals surface area (Å²) in [6.07, 6.45) is 0. The van der Waals surface area contributed by atoms with Gasteiger partial charge in [-0.2, -0.15) is 0 Å². The molecule has 1 atom stereocenters. The van der Waals surface area contributed by atoms with E-state index in [1.54, 1.807) is 6.07 Å². The first-order chi connectivity index (χ1) is 7.70. The summed E-state index contributed by atoms with van der Waals surface area (Å²) >= 11 is 0. The van der Waals surface area contributed by atoms with E-state index in [1.807, 2.05) is 6.07 Å². The fourth-order valence-corrected chi connectivity index (χ4v) is 2.15. The van der Waals surface area contributed by atoms with Gasteiger partial charge in [0.25, 0.3) is 0 Å². The van der Waals surface area contributed by atoms with Crippen molar-refractivity contribution in [1.29, 1.82) is 0 Å². The van der Waals surface area contributed by atoms with Gasteiger partial charge in [0, 0.05) is 37.8 Å². The Morgan fingerprint density at radius 3 is 2.62 bits per heavy atom. The molecule has 4 heteroatoms. The first kappa shape index (κ1) is 11.2. The largest absolute Gasteiger partial charge is 0.504 e. The molecule has 1 aliphatic heterocycles. The van der Waals surface area contributed by atoms with Gasteiger partial charge in [-0.05, 0) is 13.0 Å². The lowest BCUT2D eigenvalue weighted by Gasteiger charge is -2.33. The number of hydrogen-bond acceptors (Lipinski definition) is 4. The number of phenols is 2. The molecule has 2 rings (SSSR count). The highest BCUT2D eigenvalue weighted by Gasteiger charge is 2.21. The summed E-state index contributed by atoms with van der Waals surface area (Å²) in [5, 5.41) is 22.6. The normalized spacial score (nSPS) is 19.6. The molecule has 0 bridgehead atoms. The zero-order chi connectivity index (χ0) is 11.5. The van der Waals surface area contributed by atoms with Crippen LogP contribution in [0.5, 0.6) is 11.5 Å². The summed E-state index contributed by atoms with van der Waals surface area (Å²) < 4.78 is 0. The quantitative estimate of drug-likeness (QED) is 0.655. The standard InChI is InChI=1S/C12H18N2O2/c1-9(14-7-5-13-6-8-14)10-3-2-4-11(15)12(10)16/h2-4,9,13,15-16H,5-8H2,1H3/t9-/m1/s1. The second kappa shape index (κ2) is 4.72. The van der Waals surface area contributed by atoms with Crippen LogP contribution in [0.1, 0.15) is 18.5 Å². The maximum Gasteiger partial charge on any atom is 0.162 e. The average molecular weight is 222 g/mol. The SMILES string of the molecule is C[C@H](c1cccc(O)c1O)N1CCNCC1. The molecule has 0 spiro atoms. The van der Waals surface area contributed by atoms with Gasteiger partial charge in [0.15, 0.2) is 11.5 Å². The molecule has 1 heterocycles. The van der Waals surface area contributed by atoms with Crippen molar-refractivity contribution in [1.82, 2.24) is 10.2 Å². The lowest BCUT2D eigenvalue weighted by atomic mass is 10.0. The molecule has 0 radical (unpaired) electrons. The number of aromatic hydroxyl groups is 2. The molecule has 0 aromatic heterocycles. The fourth-order valence-electron chi connectivity index (χ4n) is 2.15. The Bertz CT molecular complexity index is 362. The van der Waals surface area contributed by atoms with Gasteiger partial charge >= 0.3 is 0 Å². The first-order valence-electron chi connectivity index (χ1n) is 5.66. The number of hydrogen-bond donors (Lipinski definition) is 3. The Labute approximate surface area is 95.5 Å². The fraction of sp³-hybridized carbons (Fsp3) is 0.500. The van der Waals surface area contributed by atoms with Crippen molar-refractivity contribution in [3.8, 4) is 11.5 Å². The van der Waals surface area contributed by atoms with Crippen molar-refractivity contribution in [2.24, 2.45) is 0 Å². The molecule has 88 valence electrons. The third-order valence-electron chi connectivity index (χ3n) is 3.20. The van der Waals surface area contributed by atoms with Crippen molar-refractivity contribution < 1.29 is 10.2 Å². The predicted molar refractivity (Wildman–Crippen MR) is 62.6 cm³/mol. The molecule has 0 aliphatic carbocycles. The van der Waals surface area contributed by atoms with Gasteiger partial charge in [0.2, 0.25) is 0 Å². The molecule has 0 amide bonds. The Morgan fingerprint density at radius 1 is 1.25 bits per heavy atom. The predicted octanol–water partition coefficient (Wildman–Crippen LogP) is 1.06. The number of benzene rings is 1. The second-order valence-electron chi connectivity index (χ2n) is 4.18. The Morgan fingerprint density at radius 2 is 1.94 bits per heavy atom. The zero-order valence-corrected chi connectivity index (χ0v) is 9.48. The minimum atomic E-state index is -0.0421. The summed E-state index contributed by atoms with van der Waals surface area (Å²) in [5.74, 6) is -0.0342. The van der Waals surface area contributed by atoms with Crippen LogP contribution < -0.4 is 5.32 Å². The molecule has 1 aromatic carbocycles. The lowest BCUT2D eigenvalue weighted by Crippen LogP contribution is -2.44. The molecule has 3 N–H and O–H groups in total. The Balaban J connectivity index is 2.19. The van der Waals surface area contributed by atoms with Gasteiger partial charge in [-0.15, -0.1) is 0 Å². The van der Waals surface area contributed by atoms with Crippen LogP contribution in [-0.2, 0) is 0 Å². The van der Waals surface area contributed by atoms with Crippen molar-refractivity contribution in [2.75, 3.05) is 26.2 Å². The molecule has 4 nitrogen and oxygen atoms in total. The molecular formula is C12H18N2O2. The molecule has 0 saturated carbocycles. The van der Waals surface area contributed by atoms with Gasteiger partial charge in [0.05, 0.1) is 0 Å². The van der Waals surface area contributed by atoms with Crippen LogP contribution in [0.15, 0.2) is 18.2 Å². The van der Waals surface area contributed by atoms with Gasteiger partial charge in [-0.25, -0.2) is 0 Å². The van der Waals surface area contributed by atoms with Crippen LogP contribution in [0.25, 0.3) is 0 Å². The number of piperazine rings is 1. The van der Waals surface area contributed by atoms with E-state index in [4.69, 9.17) is 0 Å². The van der Waals surface area contributed by atoms with Gasteiger partial charge in [0.1, 0.15) is 0 Å². The van der Waals surface area contributed by atoms with Crippen molar-refractivity contribution in [3.05, 3.63) is 23.8 Å². The molecule has 1 aromatic rings. The van der Waals surface area contributed by atoms with Crippen molar-refractivity contribution in [3.63, 3.8) is 0 Å². The van der Waals surface area contributed by atoms with Crippen LogP contribution in [-0.4, -0.2) is 41.3 Å². The third-order valence-corrected chi connectivity index (χ3v) is 3.20. The maximum atomic E-state index is 9.81. The van der Waals surface area contributed by atoms with E-state index >= 15 is 0 Å². The van der Waals surface area contributed by atoms with Crippen molar-refractivity contribution >= 4 is 0 Å². The summed E-state index contributed by atoms with van der Waals surface area (Å²) in [5.41, 5.74) is 0.793. The minimum Gasteiger partial charge on any atom is -0.504 e. The van der Waals surface area contributed by atoms with Crippen LogP contribution in [0, 0.1) is 0 Å². The van der Waals surface area contributed by atoms with E-state index in [0.29, 0.717) is 0 Å². The van der Waals surface area contributed by atoms with E-state index in [2.05, 4.69) is 17.1 Å². The molecule has 1 saturated heterocycles. The Hall–Kier alpha value is -1.26. The number of para-hydroxylation sites is 1. The van der Waals surface area contributed by atoms with Crippen LogP contribution >= 0.6 is 0 Å². The minimum absolute atomic E-state index is 0.00790. The smallest absolute Gasteiger partial charge is 0.162 e. The molecule has 1 aliphatic rings. The zero-order valence-electron chi connectivity index (χ0n) is 9.48. The number of nitrogens with zero attached hydrogens (tertiary/aromatic N) is 1. The number of rotatable bonds is 2. The number of phenolic OH excluding ortho intramolecular Hbond substituents is 2. The van der Waals surface area contributed by atoms with Crippen LogP contribution in [0.2, 0.25) is 0 Å². The van der Waals surface area contributed by atoms with E-state index < -0.39 is 0 Å². The highest BCUT2D eigenvalue weighted by Crippen LogP contribution is 2.34. The third kappa shape index (κ3) is 2.13. The Kier molecular flexibility index (Phi) is 3.31. The summed E-state index contributed by atoms with van der Waals surface area (Å²) in [6.45, 7) is 5.94. The lowest BCUT2D eigenvalue weighted by molar-refractivity contribution is 0.182. The van der Waals surface area contributed by atoms with Crippen LogP contribution in [0.4, 0.5) is 0 Å². The summed E-state index contributed by atoms with van der Waals surface area (Å²) in [7, 11) is 0. The second-order valence-corrected chi connectivity index (χ2v) is 4.18. The maximum absolute atomic E-state index is 9.81. The van der Waals surface area contributed by atoms with Gasteiger partial charge in [-0.1, -0.05) is 12.1 Å². The van der Waals surface area contributed by atoms with Crippen LogP contribution in [0.3, 0.4) is 0 Å².